The Hall–Kier alpha value is -1.10. The molecule has 1 amide bonds. The van der Waals surface area contributed by atoms with Gasteiger partial charge in [-0.05, 0) is 33.5 Å². The van der Waals surface area contributed by atoms with E-state index in [4.69, 9.17) is 4.43 Å². The third-order valence-corrected chi connectivity index (χ3v) is 2.66. The maximum atomic E-state index is 11.5. The van der Waals surface area contributed by atoms with Gasteiger partial charge in [0.05, 0.1) is 0 Å². The molecule has 0 bridgehead atoms. The van der Waals surface area contributed by atoms with Crippen molar-refractivity contribution in [1.29, 1.82) is 0 Å². The summed E-state index contributed by atoms with van der Waals surface area (Å²) in [6.07, 6.45) is 2.48. The van der Waals surface area contributed by atoms with Crippen LogP contribution in [0.2, 0.25) is 19.6 Å². The highest BCUT2D eigenvalue weighted by Crippen LogP contribution is 2.03. The summed E-state index contributed by atoms with van der Waals surface area (Å²) in [5.41, 5.74) is 0. The molecule has 0 rings (SSSR count). The molecule has 5 heteroatoms. The van der Waals surface area contributed by atoms with Crippen molar-refractivity contribution in [2.24, 2.45) is 0 Å². The molecule has 0 aromatic heterocycles. The third kappa shape index (κ3) is 6.39. The van der Waals surface area contributed by atoms with Crippen LogP contribution in [0, 0.1) is 0 Å². The topological polar surface area (TPSA) is 46.6 Å². The van der Waals surface area contributed by atoms with E-state index >= 15 is 0 Å². The normalized spacial score (nSPS) is 11.6. The maximum Gasteiger partial charge on any atom is 0.317 e. The average Bonchev–Trinajstić information content (AvgIpc) is 2.14. The molecule has 0 atom stereocenters. The van der Waals surface area contributed by atoms with Gasteiger partial charge in [-0.25, -0.2) is 4.79 Å². The van der Waals surface area contributed by atoms with Gasteiger partial charge < -0.3 is 9.33 Å². The van der Waals surface area contributed by atoms with Gasteiger partial charge in [0.1, 0.15) is 0 Å². The smallest absolute Gasteiger partial charge is 0.317 e. The molecule has 0 saturated carbocycles. The molecule has 0 aliphatic heterocycles. The number of rotatable bonds is 5. The number of amides is 1. The Morgan fingerprint density at radius 2 is 1.62 bits per heavy atom. The van der Waals surface area contributed by atoms with E-state index in [0.717, 1.165) is 0 Å². The summed E-state index contributed by atoms with van der Waals surface area (Å²) < 4.78 is 5.18. The lowest BCUT2D eigenvalue weighted by atomic mass is 10.4. The van der Waals surface area contributed by atoms with E-state index in [-0.39, 0.29) is 5.91 Å². The molecule has 0 radical (unpaired) electrons. The summed E-state index contributed by atoms with van der Waals surface area (Å²) in [5.74, 6) is -0.586. The van der Waals surface area contributed by atoms with E-state index in [0.29, 0.717) is 13.1 Å². The van der Waals surface area contributed by atoms with Gasteiger partial charge in [0, 0.05) is 25.2 Å². The molecule has 0 spiro atoms. The molecule has 16 heavy (non-hydrogen) atoms. The number of carbonyl (C=O) groups is 2. The summed E-state index contributed by atoms with van der Waals surface area (Å²) >= 11 is 0. The van der Waals surface area contributed by atoms with E-state index < -0.39 is 14.3 Å². The van der Waals surface area contributed by atoms with Gasteiger partial charge >= 0.3 is 5.97 Å². The fraction of sp³-hybridized carbons (Fsp3) is 0.636. The van der Waals surface area contributed by atoms with Gasteiger partial charge in [0.15, 0.2) is 0 Å². The standard InChI is InChI=1S/C11H21NO3Si/c1-6-12(7-2)10(13)8-9-11(14)15-16(3,4)5/h8-9H,6-7H2,1-5H3. The van der Waals surface area contributed by atoms with Crippen molar-refractivity contribution in [3.8, 4) is 0 Å². The molecular weight excluding hydrogens is 222 g/mol. The van der Waals surface area contributed by atoms with Crippen LogP contribution in [0.15, 0.2) is 12.2 Å². The van der Waals surface area contributed by atoms with Crippen LogP contribution in [-0.4, -0.2) is 38.2 Å². The highest BCUT2D eigenvalue weighted by Gasteiger charge is 2.18. The highest BCUT2D eigenvalue weighted by molar-refractivity contribution is 6.71. The first-order chi connectivity index (χ1) is 7.30. The molecule has 0 aliphatic carbocycles. The zero-order valence-corrected chi connectivity index (χ0v) is 11.7. The molecule has 0 N–H and O–H groups in total. The van der Waals surface area contributed by atoms with Crippen molar-refractivity contribution in [3.63, 3.8) is 0 Å². The number of carbonyl (C=O) groups excluding carboxylic acids is 2. The molecule has 0 saturated heterocycles. The molecule has 4 nitrogen and oxygen atoms in total. The number of nitrogens with zero attached hydrogens (tertiary/aromatic N) is 1. The van der Waals surface area contributed by atoms with Crippen molar-refractivity contribution in [1.82, 2.24) is 4.90 Å². The van der Waals surface area contributed by atoms with Gasteiger partial charge in [-0.15, -0.1) is 0 Å². The van der Waals surface area contributed by atoms with Gasteiger partial charge in [0.25, 0.3) is 0 Å². The van der Waals surface area contributed by atoms with E-state index in [9.17, 15) is 9.59 Å². The molecule has 0 aromatic carbocycles. The monoisotopic (exact) mass is 243 g/mol. The van der Waals surface area contributed by atoms with E-state index in [2.05, 4.69) is 0 Å². The zero-order valence-electron chi connectivity index (χ0n) is 10.7. The maximum absolute atomic E-state index is 11.5. The summed E-state index contributed by atoms with van der Waals surface area (Å²) in [5, 5.41) is 0. The zero-order chi connectivity index (χ0) is 12.8. The van der Waals surface area contributed by atoms with Crippen LogP contribution in [0.4, 0.5) is 0 Å². The van der Waals surface area contributed by atoms with Crippen molar-refractivity contribution in [3.05, 3.63) is 12.2 Å². The van der Waals surface area contributed by atoms with Crippen LogP contribution in [-0.2, 0) is 14.0 Å². The SMILES string of the molecule is CCN(CC)C(=O)C=CC(=O)O[Si](C)(C)C. The van der Waals surface area contributed by atoms with Gasteiger partial charge in [-0.1, -0.05) is 0 Å². The summed E-state index contributed by atoms with van der Waals surface area (Å²) in [7, 11) is -1.86. The molecular formula is C11H21NO3Si. The second-order valence-electron chi connectivity index (χ2n) is 4.38. The molecule has 0 fully saturated rings. The minimum atomic E-state index is -1.86. The first-order valence-electron chi connectivity index (χ1n) is 5.50. The highest BCUT2D eigenvalue weighted by atomic mass is 28.4. The summed E-state index contributed by atoms with van der Waals surface area (Å²) in [6, 6.07) is 0. The first-order valence-corrected chi connectivity index (χ1v) is 8.91. The molecule has 0 aliphatic rings. The molecule has 0 aromatic rings. The Morgan fingerprint density at radius 3 is 2.00 bits per heavy atom. The average molecular weight is 243 g/mol. The van der Waals surface area contributed by atoms with Crippen molar-refractivity contribution >= 4 is 20.2 Å². The Kier molecular flexibility index (Phi) is 6.03. The van der Waals surface area contributed by atoms with Crippen molar-refractivity contribution < 1.29 is 14.0 Å². The quantitative estimate of drug-likeness (QED) is 0.546. The lowest BCUT2D eigenvalue weighted by molar-refractivity contribution is -0.130. The number of likely N-dealkylation sites (N-methyl/N-ethyl adjacent to an activating group) is 1. The van der Waals surface area contributed by atoms with Crippen LogP contribution in [0.1, 0.15) is 13.8 Å². The fourth-order valence-electron chi connectivity index (χ4n) is 1.12. The van der Waals surface area contributed by atoms with Crippen molar-refractivity contribution in [2.45, 2.75) is 33.5 Å². The Morgan fingerprint density at radius 1 is 1.12 bits per heavy atom. The molecule has 0 heterocycles. The van der Waals surface area contributed by atoms with Crippen LogP contribution >= 0.6 is 0 Å². The van der Waals surface area contributed by atoms with Crippen LogP contribution in [0.3, 0.4) is 0 Å². The summed E-state index contributed by atoms with van der Waals surface area (Å²) in [4.78, 5) is 24.5. The Balaban J connectivity index is 4.28. The second kappa shape index (κ2) is 6.47. The molecule has 0 unspecified atom stereocenters. The van der Waals surface area contributed by atoms with Gasteiger partial charge in [-0.3, -0.25) is 4.79 Å². The van der Waals surface area contributed by atoms with E-state index in [1.54, 1.807) is 4.90 Å². The van der Waals surface area contributed by atoms with Crippen LogP contribution < -0.4 is 0 Å². The minimum absolute atomic E-state index is 0.155. The number of hydrogen-bond acceptors (Lipinski definition) is 3. The van der Waals surface area contributed by atoms with Crippen molar-refractivity contribution in [2.75, 3.05) is 13.1 Å². The predicted molar refractivity (Wildman–Crippen MR) is 66.5 cm³/mol. The van der Waals surface area contributed by atoms with Crippen LogP contribution in [0.25, 0.3) is 0 Å². The van der Waals surface area contributed by atoms with Crippen LogP contribution in [0.5, 0.6) is 0 Å². The molecule has 92 valence electrons. The Labute approximate surface area is 98.4 Å². The summed E-state index contributed by atoms with van der Waals surface area (Å²) in [6.45, 7) is 10.8. The second-order valence-corrected chi connectivity index (χ2v) is 8.81. The number of hydrogen-bond donors (Lipinski definition) is 0. The third-order valence-electron chi connectivity index (χ3n) is 1.84. The fourth-order valence-corrected chi connectivity index (χ4v) is 1.79. The predicted octanol–water partition coefficient (Wildman–Crippen LogP) is 1.79. The lowest BCUT2D eigenvalue weighted by Crippen LogP contribution is -2.30. The lowest BCUT2D eigenvalue weighted by Gasteiger charge is -2.17. The van der Waals surface area contributed by atoms with Gasteiger partial charge in [0.2, 0.25) is 14.2 Å². The van der Waals surface area contributed by atoms with E-state index in [1.807, 2.05) is 33.5 Å². The minimum Gasteiger partial charge on any atom is -0.517 e. The first kappa shape index (κ1) is 14.9. The Bertz CT molecular complexity index is 277. The van der Waals surface area contributed by atoms with Gasteiger partial charge in [-0.2, -0.15) is 0 Å². The van der Waals surface area contributed by atoms with E-state index in [1.165, 1.54) is 12.2 Å². The largest absolute Gasteiger partial charge is 0.517 e.